The number of hydrogen-bond acceptors (Lipinski definition) is 4. The number of aryl methyl sites for hydroxylation is 1. The Balaban J connectivity index is 2.35. The molecule has 0 aliphatic carbocycles. The van der Waals surface area contributed by atoms with Gasteiger partial charge in [0, 0.05) is 20.4 Å². The zero-order chi connectivity index (χ0) is 12.4. The third kappa shape index (κ3) is 3.08. The van der Waals surface area contributed by atoms with Crippen LogP contribution in [0.5, 0.6) is 0 Å². The summed E-state index contributed by atoms with van der Waals surface area (Å²) in [5, 5.41) is 11.1. The summed E-state index contributed by atoms with van der Waals surface area (Å²) in [6.45, 7) is 1.92. The molecule has 1 heterocycles. The number of hydrogen-bond donors (Lipinski definition) is 1. The van der Waals surface area contributed by atoms with Crippen LogP contribution in [0.3, 0.4) is 0 Å². The third-order valence-electron chi connectivity index (χ3n) is 1.97. The average molecular weight is 330 g/mol. The van der Waals surface area contributed by atoms with E-state index >= 15 is 0 Å². The minimum atomic E-state index is -0.929. The molecule has 6 heteroatoms. The number of carbonyl (C=O) groups is 1. The van der Waals surface area contributed by atoms with Gasteiger partial charge in [-0.2, -0.15) is 0 Å². The lowest BCUT2D eigenvalue weighted by atomic mass is 10.2. The van der Waals surface area contributed by atoms with Crippen molar-refractivity contribution in [2.75, 3.05) is 0 Å². The van der Waals surface area contributed by atoms with Gasteiger partial charge >= 0.3 is 5.97 Å². The zero-order valence-corrected chi connectivity index (χ0v) is 12.0. The topological polar surface area (TPSA) is 50.2 Å². The van der Waals surface area contributed by atoms with Crippen molar-refractivity contribution in [3.63, 3.8) is 0 Å². The van der Waals surface area contributed by atoms with Gasteiger partial charge in [-0.25, -0.2) is 9.78 Å². The summed E-state index contributed by atoms with van der Waals surface area (Å²) in [4.78, 5) is 16.1. The van der Waals surface area contributed by atoms with Crippen molar-refractivity contribution in [3.05, 3.63) is 39.3 Å². The molecule has 0 radical (unpaired) electrons. The molecule has 2 rings (SSSR count). The first-order valence-electron chi connectivity index (χ1n) is 4.69. The summed E-state index contributed by atoms with van der Waals surface area (Å²) < 4.78 is 1.61. The van der Waals surface area contributed by atoms with Crippen molar-refractivity contribution in [3.8, 4) is 0 Å². The van der Waals surface area contributed by atoms with Gasteiger partial charge in [-0.05, 0) is 25.1 Å². The standard InChI is InChI=1S/C11H8BrNO2S2/c1-6-5-16-11(13-6)17-9-3-2-7(12)4-8(9)10(14)15/h2-5H,1H3,(H,14,15). The molecule has 3 nitrogen and oxygen atoms in total. The van der Waals surface area contributed by atoms with E-state index < -0.39 is 5.97 Å². The van der Waals surface area contributed by atoms with Crippen LogP contribution in [-0.2, 0) is 0 Å². The van der Waals surface area contributed by atoms with E-state index in [1.54, 1.807) is 12.1 Å². The highest BCUT2D eigenvalue weighted by molar-refractivity contribution is 9.10. The van der Waals surface area contributed by atoms with E-state index in [4.69, 9.17) is 5.11 Å². The maximum absolute atomic E-state index is 11.1. The van der Waals surface area contributed by atoms with Gasteiger partial charge in [-0.3, -0.25) is 0 Å². The number of carboxylic acid groups (broad SMARTS) is 1. The zero-order valence-electron chi connectivity index (χ0n) is 8.81. The largest absolute Gasteiger partial charge is 0.478 e. The molecule has 17 heavy (non-hydrogen) atoms. The molecule has 88 valence electrons. The molecule has 0 amide bonds. The summed E-state index contributed by atoms with van der Waals surface area (Å²) in [5.41, 5.74) is 1.24. The van der Waals surface area contributed by atoms with E-state index in [0.717, 1.165) is 14.5 Å². The SMILES string of the molecule is Cc1csc(Sc2ccc(Br)cc2C(=O)O)n1. The van der Waals surface area contributed by atoms with E-state index in [9.17, 15) is 4.79 Å². The van der Waals surface area contributed by atoms with Crippen molar-refractivity contribution < 1.29 is 9.90 Å². The Hall–Kier alpha value is -0.850. The summed E-state index contributed by atoms with van der Waals surface area (Å²) >= 11 is 6.16. The van der Waals surface area contributed by atoms with Crippen LogP contribution in [0.25, 0.3) is 0 Å². The molecule has 1 aromatic heterocycles. The lowest BCUT2D eigenvalue weighted by molar-refractivity contribution is 0.0693. The van der Waals surface area contributed by atoms with Crippen molar-refractivity contribution >= 4 is 45.0 Å². The molecule has 0 aliphatic heterocycles. The van der Waals surface area contributed by atoms with Gasteiger partial charge in [-0.15, -0.1) is 11.3 Å². The normalized spacial score (nSPS) is 10.5. The monoisotopic (exact) mass is 329 g/mol. The highest BCUT2D eigenvalue weighted by atomic mass is 79.9. The number of aromatic nitrogens is 1. The Kier molecular flexibility index (Phi) is 3.86. The van der Waals surface area contributed by atoms with E-state index in [2.05, 4.69) is 20.9 Å². The van der Waals surface area contributed by atoms with Gasteiger partial charge in [0.25, 0.3) is 0 Å². The number of nitrogens with zero attached hydrogens (tertiary/aromatic N) is 1. The first-order valence-corrected chi connectivity index (χ1v) is 7.18. The summed E-state index contributed by atoms with van der Waals surface area (Å²) in [7, 11) is 0. The quantitative estimate of drug-likeness (QED) is 0.922. The number of rotatable bonds is 3. The van der Waals surface area contributed by atoms with Crippen LogP contribution < -0.4 is 0 Å². The smallest absolute Gasteiger partial charge is 0.336 e. The Morgan fingerprint density at radius 3 is 2.88 bits per heavy atom. The van der Waals surface area contributed by atoms with Crippen LogP contribution in [0.15, 0.2) is 37.3 Å². The van der Waals surface area contributed by atoms with Crippen LogP contribution in [0.1, 0.15) is 16.1 Å². The molecule has 0 fully saturated rings. The molecule has 0 unspecified atom stereocenters. The molecular weight excluding hydrogens is 322 g/mol. The van der Waals surface area contributed by atoms with Gasteiger partial charge in [0.1, 0.15) is 0 Å². The highest BCUT2D eigenvalue weighted by Crippen LogP contribution is 2.33. The van der Waals surface area contributed by atoms with E-state index in [0.29, 0.717) is 4.90 Å². The van der Waals surface area contributed by atoms with Gasteiger partial charge < -0.3 is 5.11 Å². The van der Waals surface area contributed by atoms with Gasteiger partial charge in [0.2, 0.25) is 0 Å². The van der Waals surface area contributed by atoms with Crippen molar-refractivity contribution in [1.29, 1.82) is 0 Å². The maximum atomic E-state index is 11.1. The molecule has 0 aliphatic rings. The summed E-state index contributed by atoms with van der Waals surface area (Å²) in [6, 6.07) is 5.22. The number of aromatic carboxylic acids is 1. The molecule has 1 N–H and O–H groups in total. The average Bonchev–Trinajstić information content (AvgIpc) is 2.66. The van der Waals surface area contributed by atoms with Gasteiger partial charge in [0.05, 0.1) is 5.56 Å². The number of benzene rings is 1. The first kappa shape index (κ1) is 12.6. The second-order valence-electron chi connectivity index (χ2n) is 3.30. The maximum Gasteiger partial charge on any atom is 0.336 e. The number of halogens is 1. The van der Waals surface area contributed by atoms with Gasteiger partial charge in [-0.1, -0.05) is 27.7 Å². The molecule has 0 atom stereocenters. The predicted octanol–water partition coefficient (Wildman–Crippen LogP) is 4.06. The van der Waals surface area contributed by atoms with Crippen LogP contribution in [0, 0.1) is 6.92 Å². The van der Waals surface area contributed by atoms with Crippen molar-refractivity contribution in [2.45, 2.75) is 16.2 Å². The van der Waals surface area contributed by atoms with E-state index in [1.165, 1.54) is 23.1 Å². The molecule has 1 aromatic carbocycles. The van der Waals surface area contributed by atoms with E-state index in [1.807, 2.05) is 18.4 Å². The van der Waals surface area contributed by atoms with Gasteiger partial charge in [0.15, 0.2) is 4.34 Å². The Morgan fingerprint density at radius 1 is 1.53 bits per heavy atom. The van der Waals surface area contributed by atoms with Crippen LogP contribution >= 0.6 is 39.0 Å². The minimum absolute atomic E-state index is 0.289. The predicted molar refractivity (Wildman–Crippen MR) is 72.1 cm³/mol. The Morgan fingerprint density at radius 2 is 2.29 bits per heavy atom. The first-order chi connectivity index (χ1) is 8.06. The lowest BCUT2D eigenvalue weighted by Crippen LogP contribution is -1.98. The summed E-state index contributed by atoms with van der Waals surface area (Å²) in [6.07, 6.45) is 0. The molecule has 0 bridgehead atoms. The Bertz CT molecular complexity index is 568. The fourth-order valence-corrected chi connectivity index (χ4v) is 3.49. The molecular formula is C11H8BrNO2S2. The lowest BCUT2D eigenvalue weighted by Gasteiger charge is -2.03. The Labute approximate surface area is 115 Å². The fourth-order valence-electron chi connectivity index (χ4n) is 1.23. The van der Waals surface area contributed by atoms with Crippen molar-refractivity contribution in [1.82, 2.24) is 4.98 Å². The van der Waals surface area contributed by atoms with E-state index in [-0.39, 0.29) is 5.56 Å². The van der Waals surface area contributed by atoms with Crippen molar-refractivity contribution in [2.24, 2.45) is 0 Å². The summed E-state index contributed by atoms with van der Waals surface area (Å²) in [5.74, 6) is -0.929. The van der Waals surface area contributed by atoms with Crippen LogP contribution in [0.2, 0.25) is 0 Å². The second-order valence-corrected chi connectivity index (χ2v) is 6.37. The molecule has 2 aromatic rings. The molecule has 0 saturated heterocycles. The van der Waals surface area contributed by atoms with Crippen LogP contribution in [-0.4, -0.2) is 16.1 Å². The molecule has 0 saturated carbocycles. The number of thiazole rings is 1. The number of carboxylic acids is 1. The highest BCUT2D eigenvalue weighted by Gasteiger charge is 2.13. The molecule has 0 spiro atoms. The van der Waals surface area contributed by atoms with Crippen LogP contribution in [0.4, 0.5) is 0 Å². The fraction of sp³-hybridized carbons (Fsp3) is 0.0909. The second kappa shape index (κ2) is 5.20. The minimum Gasteiger partial charge on any atom is -0.478 e. The third-order valence-corrected chi connectivity index (χ3v) is 4.59.